The molecule has 0 saturated carbocycles. The molecule has 2 aromatic rings. The fourth-order valence-electron chi connectivity index (χ4n) is 2.90. The molecule has 1 heterocycles. The third-order valence-corrected chi connectivity index (χ3v) is 4.29. The lowest BCUT2D eigenvalue weighted by Crippen LogP contribution is -2.09. The van der Waals surface area contributed by atoms with Crippen LogP contribution in [0.25, 0.3) is 0 Å². The largest absolute Gasteiger partial charge is 0.504 e. The number of halogens is 2. The van der Waals surface area contributed by atoms with Crippen LogP contribution in [0.5, 0.6) is 11.5 Å². The van der Waals surface area contributed by atoms with Crippen LogP contribution in [-0.2, 0) is 0 Å². The molecule has 21 heavy (non-hydrogen) atoms. The highest BCUT2D eigenvalue weighted by Gasteiger charge is 2.31. The van der Waals surface area contributed by atoms with E-state index in [1.165, 1.54) is 6.07 Å². The van der Waals surface area contributed by atoms with E-state index < -0.39 is 0 Å². The number of aromatic hydroxyl groups is 2. The van der Waals surface area contributed by atoms with Crippen molar-refractivity contribution in [1.82, 2.24) is 5.32 Å². The number of phenolic OH excluding ortho intramolecular Hbond substituents is 2. The van der Waals surface area contributed by atoms with Gasteiger partial charge in [0.2, 0.25) is 0 Å². The number of rotatable bonds is 2. The Bertz CT molecular complexity index is 635. The van der Waals surface area contributed by atoms with Crippen LogP contribution in [0.2, 0.25) is 5.02 Å². The lowest BCUT2D eigenvalue weighted by molar-refractivity contribution is 0.402. The lowest BCUT2D eigenvalue weighted by atomic mass is 9.84. The summed E-state index contributed by atoms with van der Waals surface area (Å²) in [6.07, 6.45) is 0. The maximum absolute atomic E-state index is 9.68. The first-order valence-corrected chi connectivity index (χ1v) is 7.01. The molecule has 0 aromatic heterocycles. The van der Waals surface area contributed by atoms with Crippen molar-refractivity contribution in [3.05, 3.63) is 58.6 Å². The van der Waals surface area contributed by atoms with Crippen molar-refractivity contribution < 1.29 is 10.2 Å². The second kappa shape index (κ2) is 6.69. The molecule has 3 nitrogen and oxygen atoms in total. The van der Waals surface area contributed by atoms with E-state index in [9.17, 15) is 10.2 Å². The summed E-state index contributed by atoms with van der Waals surface area (Å²) in [7, 11) is 0. The zero-order chi connectivity index (χ0) is 14.1. The predicted molar refractivity (Wildman–Crippen MR) is 89.9 cm³/mol. The van der Waals surface area contributed by atoms with Gasteiger partial charge in [0.05, 0.1) is 0 Å². The van der Waals surface area contributed by atoms with Gasteiger partial charge in [0.25, 0.3) is 0 Å². The van der Waals surface area contributed by atoms with Crippen LogP contribution in [-0.4, -0.2) is 23.3 Å². The molecule has 1 fully saturated rings. The first-order valence-electron chi connectivity index (χ1n) is 6.64. The minimum absolute atomic E-state index is 0. The highest BCUT2D eigenvalue weighted by Crippen LogP contribution is 2.40. The Kier molecular flexibility index (Phi) is 5.14. The molecular formula is C16H17BrClNO2. The van der Waals surface area contributed by atoms with Crippen LogP contribution < -0.4 is 5.32 Å². The van der Waals surface area contributed by atoms with Gasteiger partial charge in [-0.15, -0.1) is 17.0 Å². The molecule has 0 aliphatic carbocycles. The summed E-state index contributed by atoms with van der Waals surface area (Å²) in [5.74, 6) is 0.343. The van der Waals surface area contributed by atoms with Crippen LogP contribution in [0, 0.1) is 0 Å². The Morgan fingerprint density at radius 1 is 0.952 bits per heavy atom. The molecule has 0 spiro atoms. The van der Waals surface area contributed by atoms with E-state index >= 15 is 0 Å². The summed E-state index contributed by atoms with van der Waals surface area (Å²) in [6, 6.07) is 12.9. The topological polar surface area (TPSA) is 52.5 Å². The molecule has 0 radical (unpaired) electrons. The summed E-state index contributed by atoms with van der Waals surface area (Å²) in [5.41, 5.74) is 2.13. The molecule has 2 atom stereocenters. The van der Waals surface area contributed by atoms with E-state index in [4.69, 9.17) is 11.6 Å². The van der Waals surface area contributed by atoms with Crippen molar-refractivity contribution in [2.45, 2.75) is 11.8 Å². The number of hydrogen-bond donors (Lipinski definition) is 3. The van der Waals surface area contributed by atoms with Gasteiger partial charge in [-0.1, -0.05) is 35.9 Å². The zero-order valence-electron chi connectivity index (χ0n) is 11.3. The van der Waals surface area contributed by atoms with Crippen molar-refractivity contribution >= 4 is 28.6 Å². The number of benzene rings is 2. The molecule has 1 saturated heterocycles. The van der Waals surface area contributed by atoms with E-state index in [1.807, 2.05) is 30.3 Å². The molecule has 5 heteroatoms. The minimum Gasteiger partial charge on any atom is -0.504 e. The molecule has 112 valence electrons. The van der Waals surface area contributed by atoms with Gasteiger partial charge in [-0.3, -0.25) is 0 Å². The normalized spacial score (nSPS) is 21.0. The summed E-state index contributed by atoms with van der Waals surface area (Å²) >= 11 is 6.30. The third-order valence-electron chi connectivity index (χ3n) is 3.95. The molecule has 2 aromatic carbocycles. The second-order valence-corrected chi connectivity index (χ2v) is 5.55. The molecule has 1 aliphatic rings. The molecule has 3 N–H and O–H groups in total. The van der Waals surface area contributed by atoms with Gasteiger partial charge in [0.15, 0.2) is 11.5 Å². The Morgan fingerprint density at radius 3 is 2.38 bits per heavy atom. The summed E-state index contributed by atoms with van der Waals surface area (Å²) < 4.78 is 0. The number of phenols is 2. The number of nitrogens with one attached hydrogen (secondary N) is 1. The van der Waals surface area contributed by atoms with Crippen molar-refractivity contribution in [3.63, 3.8) is 0 Å². The molecule has 3 rings (SSSR count). The van der Waals surface area contributed by atoms with Crippen LogP contribution in [0.3, 0.4) is 0 Å². The average Bonchev–Trinajstić information content (AvgIpc) is 2.91. The van der Waals surface area contributed by atoms with Gasteiger partial charge in [-0.2, -0.15) is 0 Å². The first-order chi connectivity index (χ1) is 9.66. The van der Waals surface area contributed by atoms with Crippen LogP contribution in [0.4, 0.5) is 0 Å². The van der Waals surface area contributed by atoms with Gasteiger partial charge >= 0.3 is 0 Å². The predicted octanol–water partition coefficient (Wildman–Crippen LogP) is 3.80. The van der Waals surface area contributed by atoms with Gasteiger partial charge in [-0.25, -0.2) is 0 Å². The van der Waals surface area contributed by atoms with E-state index in [2.05, 4.69) is 5.32 Å². The molecule has 0 amide bonds. The van der Waals surface area contributed by atoms with Crippen LogP contribution in [0.1, 0.15) is 23.0 Å². The number of hydrogen-bond acceptors (Lipinski definition) is 3. The second-order valence-electron chi connectivity index (χ2n) is 5.14. The van der Waals surface area contributed by atoms with Gasteiger partial charge in [0, 0.05) is 29.9 Å². The SMILES string of the molecule is Br.Oc1ccc(C2CNCC2c2ccccc2Cl)cc1O. The summed E-state index contributed by atoms with van der Waals surface area (Å²) in [4.78, 5) is 0. The Labute approximate surface area is 139 Å². The van der Waals surface area contributed by atoms with E-state index in [0.717, 1.165) is 29.2 Å². The standard InChI is InChI=1S/C16H16ClNO2.BrH/c17-14-4-2-1-3-11(14)13-9-18-8-12(13)10-5-6-15(19)16(20)7-10;/h1-7,12-13,18-20H,8-9H2;1H. The highest BCUT2D eigenvalue weighted by molar-refractivity contribution is 8.93. The fourth-order valence-corrected chi connectivity index (χ4v) is 3.18. The molecular weight excluding hydrogens is 354 g/mol. The van der Waals surface area contributed by atoms with Gasteiger partial charge in [0.1, 0.15) is 0 Å². The Balaban J connectivity index is 0.00000161. The van der Waals surface area contributed by atoms with E-state index in [0.29, 0.717) is 0 Å². The molecule has 2 unspecified atom stereocenters. The maximum atomic E-state index is 9.68. The van der Waals surface area contributed by atoms with Crippen molar-refractivity contribution in [2.24, 2.45) is 0 Å². The Hall–Kier alpha value is -1.23. The zero-order valence-corrected chi connectivity index (χ0v) is 13.8. The summed E-state index contributed by atoms with van der Waals surface area (Å²) in [6.45, 7) is 1.69. The quantitative estimate of drug-likeness (QED) is 0.705. The average molecular weight is 371 g/mol. The van der Waals surface area contributed by atoms with Crippen LogP contribution in [0.15, 0.2) is 42.5 Å². The highest BCUT2D eigenvalue weighted by atomic mass is 79.9. The van der Waals surface area contributed by atoms with Gasteiger partial charge in [-0.05, 0) is 29.3 Å². The molecule has 0 bridgehead atoms. The fraction of sp³-hybridized carbons (Fsp3) is 0.250. The minimum atomic E-state index is -0.0889. The first kappa shape index (κ1) is 16.1. The summed E-state index contributed by atoms with van der Waals surface area (Å²) in [5, 5.41) is 23.3. The van der Waals surface area contributed by atoms with Crippen molar-refractivity contribution in [1.29, 1.82) is 0 Å². The smallest absolute Gasteiger partial charge is 0.157 e. The molecule has 1 aliphatic heterocycles. The third kappa shape index (κ3) is 3.18. The van der Waals surface area contributed by atoms with E-state index in [-0.39, 0.29) is 40.3 Å². The monoisotopic (exact) mass is 369 g/mol. The van der Waals surface area contributed by atoms with Crippen molar-refractivity contribution in [2.75, 3.05) is 13.1 Å². The Morgan fingerprint density at radius 2 is 1.67 bits per heavy atom. The van der Waals surface area contributed by atoms with E-state index in [1.54, 1.807) is 6.07 Å². The maximum Gasteiger partial charge on any atom is 0.157 e. The van der Waals surface area contributed by atoms with Crippen molar-refractivity contribution in [3.8, 4) is 11.5 Å². The van der Waals surface area contributed by atoms with Crippen LogP contribution >= 0.6 is 28.6 Å². The lowest BCUT2D eigenvalue weighted by Gasteiger charge is -2.20. The van der Waals surface area contributed by atoms with Gasteiger partial charge < -0.3 is 15.5 Å².